The van der Waals surface area contributed by atoms with E-state index >= 15 is 0 Å². The lowest BCUT2D eigenvalue weighted by atomic mass is 10.0. The molecule has 0 saturated carbocycles. The summed E-state index contributed by atoms with van der Waals surface area (Å²) in [6.45, 7) is 0. The van der Waals surface area contributed by atoms with Crippen LogP contribution in [0.2, 0.25) is 5.02 Å². The van der Waals surface area contributed by atoms with Crippen molar-refractivity contribution in [3.05, 3.63) is 56.4 Å². The molecule has 0 unspecified atom stereocenters. The highest BCUT2D eigenvalue weighted by molar-refractivity contribution is 9.11. The number of rotatable bonds is 1. The van der Waals surface area contributed by atoms with Crippen molar-refractivity contribution in [2.24, 2.45) is 0 Å². The van der Waals surface area contributed by atoms with Gasteiger partial charge in [-0.05, 0) is 55.4 Å². The van der Waals surface area contributed by atoms with Crippen LogP contribution in [0.3, 0.4) is 0 Å². The van der Waals surface area contributed by atoms with Crippen LogP contribution in [0.4, 0.5) is 5.69 Å². The molecule has 0 aliphatic carbocycles. The van der Waals surface area contributed by atoms with Crippen LogP contribution in [-0.4, -0.2) is 4.98 Å². The third kappa shape index (κ3) is 2.35. The monoisotopic (exact) mass is 450 g/mol. The molecule has 1 heterocycles. The Hall–Kier alpha value is -1.56. The summed E-state index contributed by atoms with van der Waals surface area (Å²) in [6.07, 6.45) is 0. The van der Waals surface area contributed by atoms with Crippen molar-refractivity contribution in [1.82, 2.24) is 4.98 Å². The Bertz CT molecular complexity index is 1080. The third-order valence-corrected chi connectivity index (χ3v) is 5.50. The van der Waals surface area contributed by atoms with Gasteiger partial charge in [0.15, 0.2) is 5.58 Å². The number of nitrogens with zero attached hydrogens (tertiary/aromatic N) is 1. The van der Waals surface area contributed by atoms with E-state index in [-0.39, 0.29) is 0 Å². The summed E-state index contributed by atoms with van der Waals surface area (Å²) in [7, 11) is 0. The average Bonchev–Trinajstić information content (AvgIpc) is 2.96. The molecule has 0 aliphatic heterocycles. The maximum absolute atomic E-state index is 6.28. The number of benzene rings is 3. The quantitative estimate of drug-likeness (QED) is 0.340. The van der Waals surface area contributed by atoms with Crippen LogP contribution in [0, 0.1) is 0 Å². The van der Waals surface area contributed by atoms with Crippen molar-refractivity contribution in [3.63, 3.8) is 0 Å². The van der Waals surface area contributed by atoms with Gasteiger partial charge >= 0.3 is 0 Å². The van der Waals surface area contributed by atoms with Crippen LogP contribution in [0.25, 0.3) is 33.3 Å². The minimum Gasteiger partial charge on any atom is -0.436 e. The zero-order valence-electron chi connectivity index (χ0n) is 11.6. The summed E-state index contributed by atoms with van der Waals surface area (Å²) in [5, 5.41) is 2.66. The number of oxazole rings is 1. The summed E-state index contributed by atoms with van der Waals surface area (Å²) in [5.74, 6) is 0.533. The van der Waals surface area contributed by atoms with E-state index in [0.29, 0.717) is 27.7 Å². The summed E-state index contributed by atoms with van der Waals surface area (Å²) >= 11 is 13.2. The fraction of sp³-hybridized carbons (Fsp3) is 0. The number of anilines is 1. The number of fused-ring (bicyclic) bond motifs is 2. The number of aromatic nitrogens is 1. The van der Waals surface area contributed by atoms with Gasteiger partial charge in [0.25, 0.3) is 0 Å². The molecule has 0 atom stereocenters. The average molecular weight is 453 g/mol. The maximum atomic E-state index is 6.28. The topological polar surface area (TPSA) is 52.0 Å². The molecular formula is C17H9Br2ClN2O. The molecule has 0 spiro atoms. The molecule has 2 N–H and O–H groups in total. The van der Waals surface area contributed by atoms with Crippen LogP contribution in [-0.2, 0) is 0 Å². The molecule has 0 radical (unpaired) electrons. The molecule has 0 bridgehead atoms. The molecular weight excluding hydrogens is 443 g/mol. The molecule has 0 aliphatic rings. The lowest BCUT2D eigenvalue weighted by Gasteiger charge is -2.04. The van der Waals surface area contributed by atoms with Gasteiger partial charge in [0, 0.05) is 20.4 Å². The highest BCUT2D eigenvalue weighted by Crippen LogP contribution is 2.39. The lowest BCUT2D eigenvalue weighted by Crippen LogP contribution is -1.89. The summed E-state index contributed by atoms with van der Waals surface area (Å²) < 4.78 is 7.43. The van der Waals surface area contributed by atoms with Crippen molar-refractivity contribution in [2.75, 3.05) is 5.73 Å². The van der Waals surface area contributed by atoms with Gasteiger partial charge in [-0.2, -0.15) is 0 Å². The number of hydrogen-bond acceptors (Lipinski definition) is 3. The predicted octanol–water partition coefficient (Wildman–Crippen LogP) is 6.41. The minimum absolute atomic E-state index is 0.533. The van der Waals surface area contributed by atoms with E-state index in [2.05, 4.69) is 36.8 Å². The van der Waals surface area contributed by atoms with E-state index in [4.69, 9.17) is 21.8 Å². The Morgan fingerprint density at radius 2 is 1.78 bits per heavy atom. The summed E-state index contributed by atoms with van der Waals surface area (Å²) in [4.78, 5) is 4.61. The van der Waals surface area contributed by atoms with Gasteiger partial charge < -0.3 is 10.2 Å². The maximum Gasteiger partial charge on any atom is 0.227 e. The molecule has 0 fully saturated rings. The van der Waals surface area contributed by atoms with Gasteiger partial charge in [0.05, 0.1) is 10.2 Å². The van der Waals surface area contributed by atoms with Crippen LogP contribution in [0.15, 0.2) is 55.8 Å². The first kappa shape index (κ1) is 15.0. The standard InChI is InChI=1S/C17H9Br2ClN2O/c18-11-7-13-16(14(19)15(11)21)22-17(23-13)10-5-1-4-9-8(10)3-2-6-12(9)20/h1-7H,21H2. The first-order valence-electron chi connectivity index (χ1n) is 6.78. The van der Waals surface area contributed by atoms with Crippen molar-refractivity contribution < 1.29 is 4.42 Å². The highest BCUT2D eigenvalue weighted by Gasteiger charge is 2.16. The molecule has 4 aromatic rings. The number of hydrogen-bond donors (Lipinski definition) is 1. The SMILES string of the molecule is Nc1c(Br)cc2oc(-c3cccc4c(Cl)cccc34)nc2c1Br. The van der Waals surface area contributed by atoms with Gasteiger partial charge in [0.1, 0.15) is 5.52 Å². The van der Waals surface area contributed by atoms with Gasteiger partial charge in [-0.3, -0.25) is 0 Å². The Balaban J connectivity index is 2.04. The molecule has 114 valence electrons. The molecule has 3 nitrogen and oxygen atoms in total. The normalized spacial score (nSPS) is 11.4. The Kier molecular flexibility index (Phi) is 3.59. The first-order chi connectivity index (χ1) is 11.1. The predicted molar refractivity (Wildman–Crippen MR) is 102 cm³/mol. The smallest absolute Gasteiger partial charge is 0.227 e. The molecule has 3 aromatic carbocycles. The zero-order chi connectivity index (χ0) is 16.1. The van der Waals surface area contributed by atoms with E-state index in [9.17, 15) is 0 Å². The second-order valence-corrected chi connectivity index (χ2v) is 7.15. The van der Waals surface area contributed by atoms with Crippen molar-refractivity contribution >= 4 is 71.0 Å². The van der Waals surface area contributed by atoms with Crippen molar-refractivity contribution in [2.45, 2.75) is 0 Å². The fourth-order valence-electron chi connectivity index (χ4n) is 2.59. The number of nitrogens with two attached hydrogens (primary N) is 1. The summed E-state index contributed by atoms with van der Waals surface area (Å²) in [6, 6.07) is 13.5. The van der Waals surface area contributed by atoms with E-state index in [1.807, 2.05) is 42.5 Å². The molecule has 23 heavy (non-hydrogen) atoms. The van der Waals surface area contributed by atoms with Crippen LogP contribution < -0.4 is 5.73 Å². The van der Waals surface area contributed by atoms with Gasteiger partial charge in [-0.1, -0.05) is 35.9 Å². The highest BCUT2D eigenvalue weighted by atomic mass is 79.9. The summed E-state index contributed by atoms with van der Waals surface area (Å²) in [5.41, 5.74) is 8.85. The van der Waals surface area contributed by atoms with E-state index in [1.54, 1.807) is 0 Å². The van der Waals surface area contributed by atoms with Gasteiger partial charge in [-0.15, -0.1) is 0 Å². The molecule has 6 heteroatoms. The van der Waals surface area contributed by atoms with Crippen LogP contribution in [0.1, 0.15) is 0 Å². The minimum atomic E-state index is 0.533. The molecule has 4 rings (SSSR count). The third-order valence-electron chi connectivity index (χ3n) is 3.71. The van der Waals surface area contributed by atoms with E-state index < -0.39 is 0 Å². The molecule has 1 aromatic heterocycles. The zero-order valence-corrected chi connectivity index (χ0v) is 15.5. The largest absolute Gasteiger partial charge is 0.436 e. The fourth-order valence-corrected chi connectivity index (χ4v) is 3.99. The number of halogens is 3. The second-order valence-electron chi connectivity index (χ2n) is 5.09. The van der Waals surface area contributed by atoms with Crippen LogP contribution >= 0.6 is 43.5 Å². The van der Waals surface area contributed by atoms with E-state index in [0.717, 1.165) is 25.3 Å². The van der Waals surface area contributed by atoms with Crippen LogP contribution in [0.5, 0.6) is 0 Å². The first-order valence-corrected chi connectivity index (χ1v) is 8.74. The van der Waals surface area contributed by atoms with Crippen molar-refractivity contribution in [1.29, 1.82) is 0 Å². The molecule has 0 saturated heterocycles. The Morgan fingerprint density at radius 3 is 2.61 bits per heavy atom. The molecule has 0 amide bonds. The number of nitrogen functional groups attached to an aromatic ring is 1. The Labute approximate surface area is 153 Å². The van der Waals surface area contributed by atoms with E-state index in [1.165, 1.54) is 0 Å². The van der Waals surface area contributed by atoms with Gasteiger partial charge in [0.2, 0.25) is 5.89 Å². The second kappa shape index (κ2) is 5.51. The van der Waals surface area contributed by atoms with Gasteiger partial charge in [-0.25, -0.2) is 4.98 Å². The van der Waals surface area contributed by atoms with Crippen molar-refractivity contribution in [3.8, 4) is 11.5 Å². The lowest BCUT2D eigenvalue weighted by molar-refractivity contribution is 0.620. The Morgan fingerprint density at radius 1 is 1.04 bits per heavy atom.